The van der Waals surface area contributed by atoms with Crippen LogP contribution in [0.2, 0.25) is 5.02 Å². The molecule has 122 valence electrons. The van der Waals surface area contributed by atoms with E-state index in [4.69, 9.17) is 21.1 Å². The lowest BCUT2D eigenvalue weighted by Gasteiger charge is -2.01. The third kappa shape index (κ3) is 4.03. The van der Waals surface area contributed by atoms with Crippen LogP contribution in [0.4, 0.5) is 0 Å². The predicted molar refractivity (Wildman–Crippen MR) is 94.3 cm³/mol. The molecule has 4 nitrogen and oxygen atoms in total. The zero-order chi connectivity index (χ0) is 16.9. The average Bonchev–Trinajstić information content (AvgIpc) is 2.93. The second kappa shape index (κ2) is 7.32. The minimum absolute atomic E-state index is 0.296. The molecule has 0 fully saturated rings. The summed E-state index contributed by atoms with van der Waals surface area (Å²) in [6.45, 7) is 0. The average molecular weight is 342 g/mol. The highest BCUT2D eigenvalue weighted by Crippen LogP contribution is 2.21. The van der Waals surface area contributed by atoms with Crippen molar-refractivity contribution in [2.24, 2.45) is 4.99 Å². The Morgan fingerprint density at radius 1 is 1.17 bits per heavy atom. The van der Waals surface area contributed by atoms with E-state index >= 15 is 0 Å². The van der Waals surface area contributed by atoms with Crippen LogP contribution in [0.1, 0.15) is 17.5 Å². The lowest BCUT2D eigenvalue weighted by atomic mass is 10.1. The second-order valence-corrected chi connectivity index (χ2v) is 5.77. The van der Waals surface area contributed by atoms with E-state index in [1.165, 1.54) is 0 Å². The van der Waals surface area contributed by atoms with Gasteiger partial charge in [0.25, 0.3) is 0 Å². The molecule has 1 heterocycles. The van der Waals surface area contributed by atoms with Crippen molar-refractivity contribution in [1.82, 2.24) is 0 Å². The number of carbonyl (C=O) groups excluding carboxylic acids is 1. The molecule has 0 radical (unpaired) electrons. The summed E-state index contributed by atoms with van der Waals surface area (Å²) in [4.78, 5) is 16.2. The maximum atomic E-state index is 12.0. The van der Waals surface area contributed by atoms with Gasteiger partial charge in [-0.05, 0) is 47.9 Å². The Balaban J connectivity index is 1.71. The topological polar surface area (TPSA) is 47.9 Å². The normalized spacial score (nSPS) is 15.3. The predicted octanol–water partition coefficient (Wildman–Crippen LogP) is 4.28. The Kier molecular flexibility index (Phi) is 4.96. The maximum absolute atomic E-state index is 12.0. The molecule has 1 aliphatic rings. The van der Waals surface area contributed by atoms with Crippen molar-refractivity contribution in [3.8, 4) is 5.75 Å². The molecule has 3 rings (SSSR count). The fourth-order valence-corrected chi connectivity index (χ4v) is 2.61. The Labute approximate surface area is 145 Å². The van der Waals surface area contributed by atoms with E-state index in [1.54, 1.807) is 13.2 Å². The third-order valence-electron chi connectivity index (χ3n) is 3.58. The first kappa shape index (κ1) is 16.3. The smallest absolute Gasteiger partial charge is 0.363 e. The minimum Gasteiger partial charge on any atom is -0.497 e. The fraction of sp³-hybridized carbons (Fsp3) is 0.158. The summed E-state index contributed by atoms with van der Waals surface area (Å²) in [6, 6.07) is 15.0. The zero-order valence-electron chi connectivity index (χ0n) is 13.2. The van der Waals surface area contributed by atoms with Crippen LogP contribution < -0.4 is 4.74 Å². The van der Waals surface area contributed by atoms with Crippen molar-refractivity contribution in [3.05, 3.63) is 70.4 Å². The van der Waals surface area contributed by atoms with Gasteiger partial charge in [0.1, 0.15) is 5.75 Å². The molecule has 1 aliphatic heterocycles. The first-order valence-electron chi connectivity index (χ1n) is 7.54. The van der Waals surface area contributed by atoms with Crippen LogP contribution in [-0.4, -0.2) is 19.0 Å². The molecule has 0 aliphatic carbocycles. The van der Waals surface area contributed by atoms with E-state index in [9.17, 15) is 4.79 Å². The number of methoxy groups -OCH3 is 1. The van der Waals surface area contributed by atoms with Gasteiger partial charge in [0.2, 0.25) is 0 Å². The molecule has 0 spiro atoms. The number of esters is 1. The molecule has 0 amide bonds. The number of halogens is 1. The number of hydrogen-bond donors (Lipinski definition) is 0. The summed E-state index contributed by atoms with van der Waals surface area (Å²) < 4.78 is 10.4. The molecule has 0 aromatic heterocycles. The van der Waals surface area contributed by atoms with Crippen LogP contribution in [-0.2, 0) is 16.0 Å². The van der Waals surface area contributed by atoms with E-state index in [1.807, 2.05) is 48.5 Å². The third-order valence-corrected chi connectivity index (χ3v) is 3.81. The first-order valence-corrected chi connectivity index (χ1v) is 7.92. The van der Waals surface area contributed by atoms with Crippen molar-refractivity contribution in [2.45, 2.75) is 12.8 Å². The molecule has 5 heteroatoms. The molecule has 0 saturated carbocycles. The number of ether oxygens (including phenoxy) is 2. The van der Waals surface area contributed by atoms with E-state index in [0.29, 0.717) is 29.5 Å². The van der Waals surface area contributed by atoms with Crippen LogP contribution in [0.5, 0.6) is 5.75 Å². The molecule has 0 N–H and O–H groups in total. The van der Waals surface area contributed by atoms with Gasteiger partial charge in [0.15, 0.2) is 11.6 Å². The molecule has 0 unspecified atom stereocenters. The minimum atomic E-state index is -0.432. The summed E-state index contributed by atoms with van der Waals surface area (Å²) in [5.74, 6) is 0.717. The standard InChI is InChI=1S/C19H16ClNO3/c1-23-16-7-3-5-14(11-16)12-17-19(22)24-18(21-17)9-8-13-4-2-6-15(20)10-13/h2-7,10-12H,8-9H2,1H3/b17-12+. The highest BCUT2D eigenvalue weighted by Gasteiger charge is 2.22. The van der Waals surface area contributed by atoms with Crippen LogP contribution in [0.15, 0.2) is 59.2 Å². The Hall–Kier alpha value is -2.59. The number of aliphatic imine (C=N–C) groups is 1. The van der Waals surface area contributed by atoms with E-state index in [2.05, 4.69) is 4.99 Å². The monoisotopic (exact) mass is 341 g/mol. The van der Waals surface area contributed by atoms with E-state index < -0.39 is 5.97 Å². The fourth-order valence-electron chi connectivity index (χ4n) is 2.39. The maximum Gasteiger partial charge on any atom is 0.363 e. The molecular formula is C19H16ClNO3. The summed E-state index contributed by atoms with van der Waals surface area (Å²) in [5.41, 5.74) is 2.21. The van der Waals surface area contributed by atoms with E-state index in [-0.39, 0.29) is 0 Å². The van der Waals surface area contributed by atoms with Gasteiger partial charge in [-0.1, -0.05) is 35.9 Å². The molecular weight excluding hydrogens is 326 g/mol. The van der Waals surface area contributed by atoms with Gasteiger partial charge < -0.3 is 9.47 Å². The number of nitrogens with zero attached hydrogens (tertiary/aromatic N) is 1. The quantitative estimate of drug-likeness (QED) is 0.602. The second-order valence-electron chi connectivity index (χ2n) is 5.33. The summed E-state index contributed by atoms with van der Waals surface area (Å²) >= 11 is 5.97. The van der Waals surface area contributed by atoms with Gasteiger partial charge in [0.05, 0.1) is 7.11 Å². The SMILES string of the molecule is COc1cccc(/C=C2/N=C(CCc3cccc(Cl)c3)OC2=O)c1. The number of benzene rings is 2. The molecule has 24 heavy (non-hydrogen) atoms. The molecule has 0 bridgehead atoms. The van der Waals surface area contributed by atoms with Crippen LogP contribution >= 0.6 is 11.6 Å². The highest BCUT2D eigenvalue weighted by atomic mass is 35.5. The Morgan fingerprint density at radius 3 is 2.79 bits per heavy atom. The highest BCUT2D eigenvalue weighted by molar-refractivity contribution is 6.30. The van der Waals surface area contributed by atoms with Crippen LogP contribution in [0.3, 0.4) is 0 Å². The number of rotatable bonds is 5. The first-order chi connectivity index (χ1) is 11.6. The largest absolute Gasteiger partial charge is 0.497 e. The molecule has 0 atom stereocenters. The lowest BCUT2D eigenvalue weighted by Crippen LogP contribution is -2.05. The van der Waals surface area contributed by atoms with Gasteiger partial charge in [-0.25, -0.2) is 9.79 Å². The summed E-state index contributed by atoms with van der Waals surface area (Å²) in [6.07, 6.45) is 2.94. The van der Waals surface area contributed by atoms with Crippen molar-refractivity contribution in [3.63, 3.8) is 0 Å². The van der Waals surface area contributed by atoms with Crippen molar-refractivity contribution < 1.29 is 14.3 Å². The van der Waals surface area contributed by atoms with Gasteiger partial charge in [0, 0.05) is 11.4 Å². The van der Waals surface area contributed by atoms with E-state index in [0.717, 1.165) is 16.9 Å². The molecule has 2 aromatic rings. The van der Waals surface area contributed by atoms with Crippen LogP contribution in [0, 0.1) is 0 Å². The van der Waals surface area contributed by atoms with Gasteiger partial charge in [-0.2, -0.15) is 0 Å². The van der Waals surface area contributed by atoms with Gasteiger partial charge in [-0.3, -0.25) is 0 Å². The van der Waals surface area contributed by atoms with Crippen molar-refractivity contribution >= 4 is 29.5 Å². The number of hydrogen-bond acceptors (Lipinski definition) is 4. The molecule has 0 saturated heterocycles. The zero-order valence-corrected chi connectivity index (χ0v) is 13.9. The van der Waals surface area contributed by atoms with Gasteiger partial charge >= 0.3 is 5.97 Å². The number of aryl methyl sites for hydroxylation is 1. The Bertz CT molecular complexity index is 827. The number of cyclic esters (lactones) is 1. The van der Waals surface area contributed by atoms with Crippen molar-refractivity contribution in [1.29, 1.82) is 0 Å². The molecule has 2 aromatic carbocycles. The summed E-state index contributed by atoms with van der Waals surface area (Å²) in [5, 5.41) is 0.691. The summed E-state index contributed by atoms with van der Waals surface area (Å²) in [7, 11) is 1.60. The lowest BCUT2D eigenvalue weighted by molar-refractivity contribution is -0.130. The van der Waals surface area contributed by atoms with Gasteiger partial charge in [-0.15, -0.1) is 0 Å². The number of carbonyl (C=O) groups is 1. The van der Waals surface area contributed by atoms with Crippen LogP contribution in [0.25, 0.3) is 6.08 Å². The van der Waals surface area contributed by atoms with Crippen molar-refractivity contribution in [2.75, 3.05) is 7.11 Å². The Morgan fingerprint density at radius 2 is 2.00 bits per heavy atom.